The summed E-state index contributed by atoms with van der Waals surface area (Å²) in [6, 6.07) is 9.99. The standard InChI is InChI=1S/C13H14O/c1-11(12(2)14)7-6-10-13-8-4-3-5-9-13/h3-6,8-10H,1,7H2,2H3/b10-6+. The fraction of sp³-hybridized carbons (Fsp3) is 0.154. The first-order valence-corrected chi connectivity index (χ1v) is 4.60. The number of benzene rings is 1. The smallest absolute Gasteiger partial charge is 0.155 e. The molecule has 72 valence electrons. The van der Waals surface area contributed by atoms with E-state index in [4.69, 9.17) is 0 Å². The van der Waals surface area contributed by atoms with Crippen molar-refractivity contribution in [3.8, 4) is 0 Å². The highest BCUT2D eigenvalue weighted by molar-refractivity contribution is 5.92. The number of carbonyl (C=O) groups is 1. The summed E-state index contributed by atoms with van der Waals surface area (Å²) in [5, 5.41) is 0. The summed E-state index contributed by atoms with van der Waals surface area (Å²) in [6.07, 6.45) is 4.58. The molecule has 0 saturated carbocycles. The van der Waals surface area contributed by atoms with Gasteiger partial charge in [-0.1, -0.05) is 49.1 Å². The molecule has 0 fully saturated rings. The summed E-state index contributed by atoms with van der Waals surface area (Å²) in [5.41, 5.74) is 1.79. The molecule has 0 unspecified atom stereocenters. The predicted molar refractivity (Wildman–Crippen MR) is 59.9 cm³/mol. The van der Waals surface area contributed by atoms with Crippen molar-refractivity contribution in [3.63, 3.8) is 0 Å². The molecular weight excluding hydrogens is 172 g/mol. The summed E-state index contributed by atoms with van der Waals surface area (Å²) in [4.78, 5) is 10.9. The van der Waals surface area contributed by atoms with Crippen molar-refractivity contribution < 1.29 is 4.79 Å². The van der Waals surface area contributed by atoms with Crippen molar-refractivity contribution in [1.82, 2.24) is 0 Å². The molecule has 0 aliphatic carbocycles. The lowest BCUT2D eigenvalue weighted by atomic mass is 10.1. The molecule has 1 aromatic carbocycles. The molecule has 1 rings (SSSR count). The van der Waals surface area contributed by atoms with Gasteiger partial charge in [-0.2, -0.15) is 0 Å². The van der Waals surface area contributed by atoms with E-state index in [1.165, 1.54) is 0 Å². The Balaban J connectivity index is 2.50. The van der Waals surface area contributed by atoms with Gasteiger partial charge in [-0.3, -0.25) is 4.79 Å². The van der Waals surface area contributed by atoms with Crippen LogP contribution in [0.3, 0.4) is 0 Å². The molecule has 0 N–H and O–H groups in total. The zero-order valence-electron chi connectivity index (χ0n) is 8.36. The minimum Gasteiger partial charge on any atom is -0.295 e. The summed E-state index contributed by atoms with van der Waals surface area (Å²) in [5.74, 6) is 0.0581. The summed E-state index contributed by atoms with van der Waals surface area (Å²) < 4.78 is 0. The van der Waals surface area contributed by atoms with Gasteiger partial charge in [0.05, 0.1) is 0 Å². The SMILES string of the molecule is C=C(C/C=C/c1ccccc1)C(C)=O. The number of hydrogen-bond donors (Lipinski definition) is 0. The summed E-state index contributed by atoms with van der Waals surface area (Å²) in [7, 11) is 0. The van der Waals surface area contributed by atoms with Gasteiger partial charge in [0, 0.05) is 0 Å². The van der Waals surface area contributed by atoms with E-state index in [0.29, 0.717) is 12.0 Å². The van der Waals surface area contributed by atoms with Gasteiger partial charge in [0.1, 0.15) is 0 Å². The van der Waals surface area contributed by atoms with E-state index < -0.39 is 0 Å². The zero-order valence-corrected chi connectivity index (χ0v) is 8.36. The molecule has 1 aromatic rings. The minimum atomic E-state index is 0.0581. The maximum absolute atomic E-state index is 10.9. The van der Waals surface area contributed by atoms with E-state index in [9.17, 15) is 4.79 Å². The quantitative estimate of drug-likeness (QED) is 0.660. The second kappa shape index (κ2) is 5.18. The van der Waals surface area contributed by atoms with Crippen LogP contribution in [0.25, 0.3) is 6.08 Å². The minimum absolute atomic E-state index is 0.0581. The molecule has 0 amide bonds. The highest BCUT2D eigenvalue weighted by atomic mass is 16.1. The fourth-order valence-electron chi connectivity index (χ4n) is 1.05. The van der Waals surface area contributed by atoms with Crippen LogP contribution in [-0.2, 0) is 4.79 Å². The van der Waals surface area contributed by atoms with Gasteiger partial charge in [0.25, 0.3) is 0 Å². The Kier molecular flexibility index (Phi) is 3.86. The van der Waals surface area contributed by atoms with Crippen molar-refractivity contribution in [2.75, 3.05) is 0 Å². The van der Waals surface area contributed by atoms with Gasteiger partial charge in [0.15, 0.2) is 5.78 Å². The number of rotatable bonds is 4. The van der Waals surface area contributed by atoms with Gasteiger partial charge < -0.3 is 0 Å². The number of ketones is 1. The van der Waals surface area contributed by atoms with Crippen LogP contribution in [0, 0.1) is 0 Å². The highest BCUT2D eigenvalue weighted by Crippen LogP contribution is 2.05. The normalized spacial score (nSPS) is 10.4. The third-order valence-electron chi connectivity index (χ3n) is 1.97. The van der Waals surface area contributed by atoms with Crippen LogP contribution in [0.15, 0.2) is 48.6 Å². The third-order valence-corrected chi connectivity index (χ3v) is 1.97. The van der Waals surface area contributed by atoms with Gasteiger partial charge in [0.2, 0.25) is 0 Å². The molecule has 0 radical (unpaired) electrons. The fourth-order valence-corrected chi connectivity index (χ4v) is 1.05. The van der Waals surface area contributed by atoms with E-state index in [0.717, 1.165) is 5.56 Å². The molecule has 14 heavy (non-hydrogen) atoms. The molecule has 0 atom stereocenters. The zero-order chi connectivity index (χ0) is 10.4. The molecule has 0 aliphatic rings. The lowest BCUT2D eigenvalue weighted by Gasteiger charge is -1.94. The topological polar surface area (TPSA) is 17.1 Å². The first kappa shape index (κ1) is 10.5. The van der Waals surface area contributed by atoms with Crippen LogP contribution >= 0.6 is 0 Å². The molecule has 0 saturated heterocycles. The van der Waals surface area contributed by atoms with Gasteiger partial charge in [-0.15, -0.1) is 0 Å². The number of Topliss-reactive ketones (excluding diaryl/α,β-unsaturated/α-hetero) is 1. The van der Waals surface area contributed by atoms with E-state index in [1.54, 1.807) is 6.92 Å². The monoisotopic (exact) mass is 186 g/mol. The van der Waals surface area contributed by atoms with Gasteiger partial charge >= 0.3 is 0 Å². The summed E-state index contributed by atoms with van der Waals surface area (Å²) >= 11 is 0. The van der Waals surface area contributed by atoms with Crippen molar-refractivity contribution in [2.45, 2.75) is 13.3 Å². The largest absolute Gasteiger partial charge is 0.295 e. The van der Waals surface area contributed by atoms with Crippen molar-refractivity contribution in [3.05, 3.63) is 54.1 Å². The lowest BCUT2D eigenvalue weighted by molar-refractivity contribution is -0.113. The summed E-state index contributed by atoms with van der Waals surface area (Å²) in [6.45, 7) is 5.22. The number of allylic oxidation sites excluding steroid dienone is 2. The number of carbonyl (C=O) groups excluding carboxylic acids is 1. The second-order valence-electron chi connectivity index (χ2n) is 3.18. The molecule has 0 aliphatic heterocycles. The Morgan fingerprint density at radius 2 is 2.00 bits per heavy atom. The van der Waals surface area contributed by atoms with Crippen molar-refractivity contribution in [2.24, 2.45) is 0 Å². The number of hydrogen-bond acceptors (Lipinski definition) is 1. The second-order valence-corrected chi connectivity index (χ2v) is 3.18. The van der Waals surface area contributed by atoms with E-state index in [-0.39, 0.29) is 5.78 Å². The average Bonchev–Trinajstić information content (AvgIpc) is 2.19. The van der Waals surface area contributed by atoms with Crippen LogP contribution in [0.2, 0.25) is 0 Å². The van der Waals surface area contributed by atoms with Crippen LogP contribution in [0.1, 0.15) is 18.9 Å². The Hall–Kier alpha value is -1.63. The Morgan fingerprint density at radius 1 is 1.36 bits per heavy atom. The maximum Gasteiger partial charge on any atom is 0.155 e. The average molecular weight is 186 g/mol. The van der Waals surface area contributed by atoms with Crippen molar-refractivity contribution >= 4 is 11.9 Å². The van der Waals surface area contributed by atoms with Gasteiger partial charge in [-0.05, 0) is 24.5 Å². The molecule has 0 spiro atoms. The van der Waals surface area contributed by atoms with Crippen LogP contribution in [0.4, 0.5) is 0 Å². The molecule has 1 nitrogen and oxygen atoms in total. The molecule has 0 bridgehead atoms. The van der Waals surface area contributed by atoms with Crippen LogP contribution < -0.4 is 0 Å². The first-order chi connectivity index (χ1) is 6.70. The van der Waals surface area contributed by atoms with E-state index >= 15 is 0 Å². The molecule has 1 heteroatoms. The lowest BCUT2D eigenvalue weighted by Crippen LogP contribution is -1.91. The molecule has 0 aromatic heterocycles. The van der Waals surface area contributed by atoms with E-state index in [1.807, 2.05) is 42.5 Å². The Bertz CT molecular complexity index is 347. The van der Waals surface area contributed by atoms with Crippen molar-refractivity contribution in [1.29, 1.82) is 0 Å². The van der Waals surface area contributed by atoms with E-state index in [2.05, 4.69) is 6.58 Å². The molecular formula is C13H14O. The molecule has 0 heterocycles. The Morgan fingerprint density at radius 3 is 2.57 bits per heavy atom. The predicted octanol–water partition coefficient (Wildman–Crippen LogP) is 3.24. The van der Waals surface area contributed by atoms with Gasteiger partial charge in [-0.25, -0.2) is 0 Å². The van der Waals surface area contributed by atoms with Crippen LogP contribution in [0.5, 0.6) is 0 Å². The third kappa shape index (κ3) is 3.40. The maximum atomic E-state index is 10.9. The highest BCUT2D eigenvalue weighted by Gasteiger charge is 1.95. The Labute approximate surface area is 84.8 Å². The first-order valence-electron chi connectivity index (χ1n) is 4.60. The van der Waals surface area contributed by atoms with Crippen LogP contribution in [-0.4, -0.2) is 5.78 Å².